The number of para-hydroxylation sites is 2. The second kappa shape index (κ2) is 10.7. The molecule has 6 nitrogen and oxygen atoms in total. The summed E-state index contributed by atoms with van der Waals surface area (Å²) in [5.74, 6) is 1.49. The molecule has 0 unspecified atom stereocenters. The number of aromatic nitrogens is 3. The van der Waals surface area contributed by atoms with Crippen molar-refractivity contribution in [3.05, 3.63) is 87.8 Å². The molecule has 2 aromatic carbocycles. The minimum Gasteiger partial charge on any atom is -0.484 e. The summed E-state index contributed by atoms with van der Waals surface area (Å²) < 4.78 is 7.79. The van der Waals surface area contributed by atoms with E-state index in [-0.39, 0.29) is 18.3 Å². The Morgan fingerprint density at radius 1 is 1.09 bits per heavy atom. The molecule has 0 bridgehead atoms. The molecule has 0 fully saturated rings. The monoisotopic (exact) mass is 484 g/mol. The quantitative estimate of drug-likeness (QED) is 0.301. The predicted molar refractivity (Wildman–Crippen MR) is 129 cm³/mol. The number of carbonyl (C=O) groups excluding carboxylic acids is 1. The van der Waals surface area contributed by atoms with Gasteiger partial charge in [0.2, 0.25) is 5.91 Å². The molecule has 4 rings (SSSR count). The molecule has 32 heavy (non-hydrogen) atoms. The van der Waals surface area contributed by atoms with E-state index in [0.717, 1.165) is 10.6 Å². The maximum atomic E-state index is 12.7. The standard InChI is InChI=1S/C23H21ClN4O2S2/c1-27(14-18-10-7-13-31-18)22(29)16-32-23-26-25-21(28(23)17-8-3-2-4-9-17)15-30-20-12-6-5-11-19(20)24/h2-13H,14-16H2,1H3. The van der Waals surface area contributed by atoms with Crippen molar-refractivity contribution in [1.82, 2.24) is 19.7 Å². The number of halogens is 1. The van der Waals surface area contributed by atoms with Gasteiger partial charge in [0.05, 0.1) is 17.3 Å². The van der Waals surface area contributed by atoms with Gasteiger partial charge in [-0.05, 0) is 35.7 Å². The van der Waals surface area contributed by atoms with Crippen LogP contribution in [0.15, 0.2) is 77.3 Å². The van der Waals surface area contributed by atoms with E-state index in [1.807, 2.05) is 77.7 Å². The summed E-state index contributed by atoms with van der Waals surface area (Å²) in [5, 5.41) is 11.8. The number of thiophene rings is 1. The number of hydrogen-bond donors (Lipinski definition) is 0. The number of benzene rings is 2. The summed E-state index contributed by atoms with van der Waals surface area (Å²) in [6, 6.07) is 21.1. The van der Waals surface area contributed by atoms with Gasteiger partial charge in [0.25, 0.3) is 0 Å². The van der Waals surface area contributed by atoms with E-state index in [4.69, 9.17) is 16.3 Å². The molecule has 0 saturated carbocycles. The molecule has 0 N–H and O–H groups in total. The number of hydrogen-bond acceptors (Lipinski definition) is 6. The molecule has 4 aromatic rings. The van der Waals surface area contributed by atoms with Gasteiger partial charge in [-0.2, -0.15) is 0 Å². The first-order valence-corrected chi connectivity index (χ1v) is 12.1. The third-order valence-electron chi connectivity index (χ3n) is 4.63. The Morgan fingerprint density at radius 2 is 1.88 bits per heavy atom. The molecule has 0 saturated heterocycles. The predicted octanol–water partition coefficient (Wildman–Crippen LogP) is 5.31. The third kappa shape index (κ3) is 5.51. The van der Waals surface area contributed by atoms with Gasteiger partial charge in [0.1, 0.15) is 12.4 Å². The summed E-state index contributed by atoms with van der Waals surface area (Å²) in [7, 11) is 1.81. The zero-order chi connectivity index (χ0) is 22.3. The average Bonchev–Trinajstić information content (AvgIpc) is 3.47. The fourth-order valence-electron chi connectivity index (χ4n) is 2.99. The number of carbonyl (C=O) groups is 1. The van der Waals surface area contributed by atoms with Crippen LogP contribution in [0.2, 0.25) is 5.02 Å². The van der Waals surface area contributed by atoms with Gasteiger partial charge in [-0.3, -0.25) is 9.36 Å². The Kier molecular flexibility index (Phi) is 7.47. The molecule has 2 aromatic heterocycles. The topological polar surface area (TPSA) is 60.3 Å². The van der Waals surface area contributed by atoms with Crippen LogP contribution in [0.5, 0.6) is 5.75 Å². The van der Waals surface area contributed by atoms with Crippen molar-refractivity contribution in [1.29, 1.82) is 0 Å². The van der Waals surface area contributed by atoms with Crippen molar-refractivity contribution in [2.45, 2.75) is 18.3 Å². The number of amides is 1. The highest BCUT2D eigenvalue weighted by atomic mass is 35.5. The maximum Gasteiger partial charge on any atom is 0.233 e. The van der Waals surface area contributed by atoms with Gasteiger partial charge in [-0.25, -0.2) is 0 Å². The van der Waals surface area contributed by atoms with Gasteiger partial charge in [0.15, 0.2) is 11.0 Å². The number of nitrogens with zero attached hydrogens (tertiary/aromatic N) is 4. The molecule has 0 aliphatic heterocycles. The second-order valence-corrected chi connectivity index (χ2v) is 9.29. The van der Waals surface area contributed by atoms with Crippen molar-refractivity contribution in [3.8, 4) is 11.4 Å². The van der Waals surface area contributed by atoms with Gasteiger partial charge in [-0.15, -0.1) is 21.5 Å². The Balaban J connectivity index is 1.49. The van der Waals surface area contributed by atoms with Crippen LogP contribution in [0.3, 0.4) is 0 Å². The third-order valence-corrected chi connectivity index (χ3v) is 6.72. The summed E-state index contributed by atoms with van der Waals surface area (Å²) in [6.45, 7) is 0.789. The van der Waals surface area contributed by atoms with Crippen LogP contribution < -0.4 is 4.74 Å². The lowest BCUT2D eigenvalue weighted by molar-refractivity contribution is -0.127. The molecule has 1 amide bonds. The molecule has 0 aliphatic rings. The fraction of sp³-hybridized carbons (Fsp3) is 0.174. The molecule has 2 heterocycles. The van der Waals surface area contributed by atoms with Crippen molar-refractivity contribution >= 4 is 40.6 Å². The normalized spacial score (nSPS) is 10.8. The van der Waals surface area contributed by atoms with Crippen LogP contribution in [-0.2, 0) is 17.9 Å². The lowest BCUT2D eigenvalue weighted by Gasteiger charge is -2.16. The minimum atomic E-state index is 0.0277. The van der Waals surface area contributed by atoms with Gasteiger partial charge in [0, 0.05) is 17.6 Å². The van der Waals surface area contributed by atoms with E-state index < -0.39 is 0 Å². The van der Waals surface area contributed by atoms with Gasteiger partial charge < -0.3 is 9.64 Å². The van der Waals surface area contributed by atoms with E-state index in [9.17, 15) is 4.79 Å². The van der Waals surface area contributed by atoms with E-state index in [1.54, 1.807) is 22.3 Å². The van der Waals surface area contributed by atoms with Crippen molar-refractivity contribution < 1.29 is 9.53 Å². The van der Waals surface area contributed by atoms with Gasteiger partial charge >= 0.3 is 0 Å². The van der Waals surface area contributed by atoms with Crippen LogP contribution in [0.25, 0.3) is 5.69 Å². The van der Waals surface area contributed by atoms with Crippen molar-refractivity contribution in [2.75, 3.05) is 12.8 Å². The second-order valence-electron chi connectivity index (χ2n) is 6.91. The van der Waals surface area contributed by atoms with Gasteiger partial charge in [-0.1, -0.05) is 59.8 Å². The van der Waals surface area contributed by atoms with Crippen LogP contribution in [-0.4, -0.2) is 38.4 Å². The molecular formula is C23H21ClN4O2S2. The number of thioether (sulfide) groups is 1. The molecule has 0 atom stereocenters. The van der Waals surface area contributed by atoms with E-state index in [1.165, 1.54) is 11.8 Å². The highest BCUT2D eigenvalue weighted by Crippen LogP contribution is 2.26. The van der Waals surface area contributed by atoms with Crippen LogP contribution in [0.4, 0.5) is 0 Å². The maximum absolute atomic E-state index is 12.7. The molecule has 0 radical (unpaired) electrons. The lowest BCUT2D eigenvalue weighted by atomic mass is 10.3. The van der Waals surface area contributed by atoms with E-state index in [0.29, 0.717) is 28.3 Å². The average molecular weight is 485 g/mol. The highest BCUT2D eigenvalue weighted by molar-refractivity contribution is 7.99. The smallest absolute Gasteiger partial charge is 0.233 e. The largest absolute Gasteiger partial charge is 0.484 e. The Labute approximate surface area is 199 Å². The van der Waals surface area contributed by atoms with Crippen LogP contribution in [0.1, 0.15) is 10.7 Å². The molecular weight excluding hydrogens is 464 g/mol. The Hall–Kier alpha value is -2.81. The molecule has 164 valence electrons. The fourth-order valence-corrected chi connectivity index (χ4v) is 4.85. The van der Waals surface area contributed by atoms with Crippen LogP contribution >= 0.6 is 34.7 Å². The molecule has 0 aliphatic carbocycles. The van der Waals surface area contributed by atoms with E-state index >= 15 is 0 Å². The first-order valence-electron chi connectivity index (χ1n) is 9.88. The minimum absolute atomic E-state index is 0.0277. The summed E-state index contributed by atoms with van der Waals surface area (Å²) in [4.78, 5) is 15.5. The van der Waals surface area contributed by atoms with Crippen LogP contribution in [0, 0.1) is 0 Å². The van der Waals surface area contributed by atoms with E-state index in [2.05, 4.69) is 10.2 Å². The number of ether oxygens (including phenoxy) is 1. The first kappa shape index (κ1) is 22.4. The van der Waals surface area contributed by atoms with Crippen molar-refractivity contribution in [2.24, 2.45) is 0 Å². The zero-order valence-corrected chi connectivity index (χ0v) is 19.7. The highest BCUT2D eigenvalue weighted by Gasteiger charge is 2.18. The lowest BCUT2D eigenvalue weighted by Crippen LogP contribution is -2.27. The Bertz CT molecular complexity index is 1170. The van der Waals surface area contributed by atoms with Crippen molar-refractivity contribution in [3.63, 3.8) is 0 Å². The summed E-state index contributed by atoms with van der Waals surface area (Å²) >= 11 is 9.20. The molecule has 0 spiro atoms. The Morgan fingerprint density at radius 3 is 2.62 bits per heavy atom. The molecule has 9 heteroatoms. The SMILES string of the molecule is CN(Cc1cccs1)C(=O)CSc1nnc(COc2ccccc2Cl)n1-c1ccccc1. The summed E-state index contributed by atoms with van der Waals surface area (Å²) in [5.41, 5.74) is 0.900. The number of rotatable bonds is 9. The zero-order valence-electron chi connectivity index (χ0n) is 17.3. The summed E-state index contributed by atoms with van der Waals surface area (Å²) in [6.07, 6.45) is 0. The first-order chi connectivity index (χ1) is 15.6.